The van der Waals surface area contributed by atoms with Gasteiger partial charge in [-0.2, -0.15) is 0 Å². The van der Waals surface area contributed by atoms with Crippen molar-refractivity contribution in [2.24, 2.45) is 0 Å². The van der Waals surface area contributed by atoms with Crippen LogP contribution in [0.25, 0.3) is 11.4 Å². The van der Waals surface area contributed by atoms with Gasteiger partial charge in [-0.15, -0.1) is 10.2 Å². The maximum Gasteiger partial charge on any atom is 0.234 e. The molecule has 0 spiro atoms. The highest BCUT2D eigenvalue weighted by atomic mass is 35.5. The topological polar surface area (TPSA) is 76.9 Å². The smallest absolute Gasteiger partial charge is 0.234 e. The lowest BCUT2D eigenvalue weighted by atomic mass is 10.1. The van der Waals surface area contributed by atoms with Crippen LogP contribution >= 0.6 is 23.4 Å². The highest BCUT2D eigenvalue weighted by Crippen LogP contribution is 2.30. The molecule has 0 unspecified atom stereocenters. The first-order valence-corrected chi connectivity index (χ1v) is 11.6. The second kappa shape index (κ2) is 10.5. The Balaban J connectivity index is 1.52. The zero-order chi connectivity index (χ0) is 23.2. The van der Waals surface area contributed by atoms with Crippen molar-refractivity contribution < 1.29 is 9.59 Å². The minimum Gasteiger partial charge on any atom is -0.325 e. The molecule has 0 fully saturated rings. The summed E-state index contributed by atoms with van der Waals surface area (Å²) >= 11 is 7.72. The fourth-order valence-corrected chi connectivity index (χ4v) is 4.22. The number of aromatic nitrogens is 3. The van der Waals surface area contributed by atoms with Crippen LogP contribution in [0.5, 0.6) is 0 Å². The Labute approximate surface area is 201 Å². The van der Waals surface area contributed by atoms with E-state index < -0.39 is 0 Å². The third-order valence-corrected chi connectivity index (χ3v) is 6.22. The van der Waals surface area contributed by atoms with Gasteiger partial charge in [0.25, 0.3) is 0 Å². The van der Waals surface area contributed by atoms with E-state index in [2.05, 4.69) is 15.5 Å². The summed E-state index contributed by atoms with van der Waals surface area (Å²) in [6.07, 6.45) is 0. The Hall–Kier alpha value is -3.42. The molecule has 0 aliphatic carbocycles. The summed E-state index contributed by atoms with van der Waals surface area (Å²) < 4.78 is 1.97. The van der Waals surface area contributed by atoms with Crippen molar-refractivity contribution in [3.05, 3.63) is 95.0 Å². The number of halogens is 1. The van der Waals surface area contributed by atoms with Gasteiger partial charge in [0, 0.05) is 16.8 Å². The average molecular weight is 477 g/mol. The van der Waals surface area contributed by atoms with Gasteiger partial charge in [0.15, 0.2) is 16.8 Å². The Bertz CT molecular complexity index is 1270. The maximum absolute atomic E-state index is 12.5. The summed E-state index contributed by atoms with van der Waals surface area (Å²) in [4.78, 5) is 23.9. The van der Waals surface area contributed by atoms with Crippen LogP contribution in [0.15, 0.2) is 84.0 Å². The SMILES string of the molecule is CC(=O)c1ccc(NC(=O)CSc2nnc(-c3ccccc3Cl)n2Cc2ccccc2)cc1. The van der Waals surface area contributed by atoms with Crippen molar-refractivity contribution in [3.63, 3.8) is 0 Å². The van der Waals surface area contributed by atoms with E-state index in [1.165, 1.54) is 18.7 Å². The molecule has 0 saturated heterocycles. The average Bonchev–Trinajstić information content (AvgIpc) is 3.21. The quantitative estimate of drug-likeness (QED) is 0.265. The second-order valence-electron chi connectivity index (χ2n) is 7.33. The third-order valence-electron chi connectivity index (χ3n) is 4.92. The van der Waals surface area contributed by atoms with Gasteiger partial charge in [-0.3, -0.25) is 14.2 Å². The van der Waals surface area contributed by atoms with Crippen molar-refractivity contribution in [1.29, 1.82) is 0 Å². The molecule has 166 valence electrons. The Kier molecular flexibility index (Phi) is 7.22. The molecule has 4 rings (SSSR count). The molecule has 0 atom stereocenters. The van der Waals surface area contributed by atoms with Gasteiger partial charge in [-0.05, 0) is 48.9 Å². The minimum absolute atomic E-state index is 0.0180. The second-order valence-corrected chi connectivity index (χ2v) is 8.68. The molecule has 1 amide bonds. The number of thioether (sulfide) groups is 1. The van der Waals surface area contributed by atoms with E-state index in [4.69, 9.17) is 11.6 Å². The normalized spacial score (nSPS) is 10.7. The number of carbonyl (C=O) groups excluding carboxylic acids is 2. The molecule has 3 aromatic carbocycles. The van der Waals surface area contributed by atoms with E-state index in [-0.39, 0.29) is 17.4 Å². The molecular formula is C25H21ClN4O2S. The van der Waals surface area contributed by atoms with Crippen LogP contribution in [0, 0.1) is 0 Å². The standard InChI is InChI=1S/C25H21ClN4O2S/c1-17(31)19-11-13-20(14-12-19)27-23(32)16-33-25-29-28-24(21-9-5-6-10-22(21)26)30(25)15-18-7-3-2-4-8-18/h2-14H,15-16H2,1H3,(H,27,32). The Morgan fingerprint density at radius 1 is 0.939 bits per heavy atom. The molecule has 1 N–H and O–H groups in total. The number of Topliss-reactive ketones (excluding diaryl/α,β-unsaturated/α-hetero) is 1. The number of hydrogen-bond acceptors (Lipinski definition) is 5. The number of benzene rings is 3. The molecule has 6 nitrogen and oxygen atoms in total. The lowest BCUT2D eigenvalue weighted by Crippen LogP contribution is -2.15. The largest absolute Gasteiger partial charge is 0.325 e. The van der Waals surface area contributed by atoms with Crippen LogP contribution in [-0.4, -0.2) is 32.2 Å². The van der Waals surface area contributed by atoms with Gasteiger partial charge >= 0.3 is 0 Å². The molecule has 1 aromatic heterocycles. The van der Waals surface area contributed by atoms with Crippen LogP contribution in [0.4, 0.5) is 5.69 Å². The van der Waals surface area contributed by atoms with Gasteiger partial charge in [0.1, 0.15) is 0 Å². The molecule has 0 aliphatic rings. The summed E-state index contributed by atoms with van der Waals surface area (Å²) in [5.74, 6) is 0.607. The number of rotatable bonds is 8. The number of nitrogens with one attached hydrogen (secondary N) is 1. The lowest BCUT2D eigenvalue weighted by molar-refractivity contribution is -0.113. The fourth-order valence-electron chi connectivity index (χ4n) is 3.26. The molecule has 0 bridgehead atoms. The fraction of sp³-hybridized carbons (Fsp3) is 0.120. The predicted molar refractivity (Wildman–Crippen MR) is 132 cm³/mol. The van der Waals surface area contributed by atoms with Gasteiger partial charge in [-0.1, -0.05) is 65.8 Å². The molecule has 33 heavy (non-hydrogen) atoms. The molecule has 4 aromatic rings. The summed E-state index contributed by atoms with van der Waals surface area (Å²) in [5.41, 5.74) is 3.10. The van der Waals surface area contributed by atoms with Crippen LogP contribution in [0.2, 0.25) is 5.02 Å². The maximum atomic E-state index is 12.5. The molecule has 8 heteroatoms. The Morgan fingerprint density at radius 3 is 2.33 bits per heavy atom. The van der Waals surface area contributed by atoms with Gasteiger partial charge in [0.2, 0.25) is 5.91 Å². The van der Waals surface area contributed by atoms with E-state index in [9.17, 15) is 9.59 Å². The van der Waals surface area contributed by atoms with Crippen LogP contribution < -0.4 is 5.32 Å². The van der Waals surface area contributed by atoms with Crippen molar-refractivity contribution >= 4 is 40.7 Å². The number of nitrogens with zero attached hydrogens (tertiary/aromatic N) is 3. The zero-order valence-electron chi connectivity index (χ0n) is 17.9. The third kappa shape index (κ3) is 5.69. The first kappa shape index (κ1) is 22.8. The number of amides is 1. The minimum atomic E-state index is -0.177. The van der Waals surface area contributed by atoms with E-state index in [1.54, 1.807) is 24.3 Å². The number of carbonyl (C=O) groups is 2. The van der Waals surface area contributed by atoms with Crippen LogP contribution in [-0.2, 0) is 11.3 Å². The lowest BCUT2D eigenvalue weighted by Gasteiger charge is -2.11. The van der Waals surface area contributed by atoms with Crippen molar-refractivity contribution in [2.45, 2.75) is 18.6 Å². The highest BCUT2D eigenvalue weighted by Gasteiger charge is 2.18. The van der Waals surface area contributed by atoms with E-state index in [0.29, 0.717) is 33.8 Å². The molecule has 1 heterocycles. The van der Waals surface area contributed by atoms with Crippen molar-refractivity contribution in [3.8, 4) is 11.4 Å². The van der Waals surface area contributed by atoms with E-state index in [0.717, 1.165) is 11.1 Å². The van der Waals surface area contributed by atoms with Crippen molar-refractivity contribution in [1.82, 2.24) is 14.8 Å². The molecular weight excluding hydrogens is 456 g/mol. The first-order valence-electron chi connectivity index (χ1n) is 10.3. The summed E-state index contributed by atoms with van der Waals surface area (Å²) in [5, 5.41) is 12.8. The summed E-state index contributed by atoms with van der Waals surface area (Å²) in [6.45, 7) is 2.05. The number of hydrogen-bond donors (Lipinski definition) is 1. The van der Waals surface area contributed by atoms with Crippen LogP contribution in [0.1, 0.15) is 22.8 Å². The van der Waals surface area contributed by atoms with E-state index >= 15 is 0 Å². The summed E-state index contributed by atoms with van der Waals surface area (Å²) in [6, 6.07) is 24.3. The predicted octanol–water partition coefficient (Wildman–Crippen LogP) is 5.58. The van der Waals surface area contributed by atoms with Crippen molar-refractivity contribution in [2.75, 3.05) is 11.1 Å². The van der Waals surface area contributed by atoms with Gasteiger partial charge < -0.3 is 5.32 Å². The first-order chi connectivity index (χ1) is 16.0. The summed E-state index contributed by atoms with van der Waals surface area (Å²) in [7, 11) is 0. The highest BCUT2D eigenvalue weighted by molar-refractivity contribution is 7.99. The molecule has 0 radical (unpaired) electrons. The number of ketones is 1. The number of anilines is 1. The zero-order valence-corrected chi connectivity index (χ0v) is 19.4. The Morgan fingerprint density at radius 2 is 1.64 bits per heavy atom. The van der Waals surface area contributed by atoms with Crippen LogP contribution in [0.3, 0.4) is 0 Å². The van der Waals surface area contributed by atoms with E-state index in [1.807, 2.05) is 59.2 Å². The molecule has 0 saturated carbocycles. The van der Waals surface area contributed by atoms with Gasteiger partial charge in [0.05, 0.1) is 17.3 Å². The molecule has 0 aliphatic heterocycles. The van der Waals surface area contributed by atoms with Gasteiger partial charge in [-0.25, -0.2) is 0 Å². The monoisotopic (exact) mass is 476 g/mol.